The second kappa shape index (κ2) is 9.08. The number of anilines is 2. The molecule has 0 aliphatic heterocycles. The lowest BCUT2D eigenvalue weighted by Crippen LogP contribution is -2.27. The summed E-state index contributed by atoms with van der Waals surface area (Å²) in [6, 6.07) is 16.2. The minimum absolute atomic E-state index is 0.190. The highest BCUT2D eigenvalue weighted by atomic mass is 35.5. The van der Waals surface area contributed by atoms with E-state index in [1.54, 1.807) is 24.3 Å². The largest absolute Gasteiger partial charge is 0.321 e. The third kappa shape index (κ3) is 4.74. The van der Waals surface area contributed by atoms with Gasteiger partial charge < -0.3 is 10.6 Å². The van der Waals surface area contributed by atoms with Gasteiger partial charge in [-0.2, -0.15) is 0 Å². The molecule has 166 valence electrons. The van der Waals surface area contributed by atoms with Crippen molar-refractivity contribution in [2.24, 2.45) is 11.3 Å². The molecule has 1 heterocycles. The van der Waals surface area contributed by atoms with E-state index in [4.69, 9.17) is 11.6 Å². The molecule has 4 nitrogen and oxygen atoms in total. The summed E-state index contributed by atoms with van der Waals surface area (Å²) in [5.74, 6) is 0.0716. The van der Waals surface area contributed by atoms with Crippen LogP contribution in [0.2, 0.25) is 5.02 Å². The standard InChI is InChI=1S/C26H27ClN2O2S/c1-26(2,3)17-13-14-18-21(15-17)32-25(29-23(30)16-9-5-4-6-10-16)22(18)24(31)28-20-12-8-7-11-19(20)27/h4-12,17H,13-15H2,1-3H3,(H,28,31)(H,29,30). The summed E-state index contributed by atoms with van der Waals surface area (Å²) in [7, 11) is 0. The maximum Gasteiger partial charge on any atom is 0.258 e. The van der Waals surface area contributed by atoms with E-state index >= 15 is 0 Å². The highest BCUT2D eigenvalue weighted by Gasteiger charge is 2.34. The molecule has 6 heteroatoms. The fraction of sp³-hybridized carbons (Fsp3) is 0.308. The summed E-state index contributed by atoms with van der Waals surface area (Å²) >= 11 is 7.79. The van der Waals surface area contributed by atoms with E-state index in [9.17, 15) is 9.59 Å². The number of carbonyl (C=O) groups is 2. The molecule has 32 heavy (non-hydrogen) atoms. The van der Waals surface area contributed by atoms with Crippen LogP contribution in [0.15, 0.2) is 54.6 Å². The van der Waals surface area contributed by atoms with Crippen molar-refractivity contribution < 1.29 is 9.59 Å². The molecule has 1 aromatic heterocycles. The van der Waals surface area contributed by atoms with Crippen LogP contribution < -0.4 is 10.6 Å². The lowest BCUT2D eigenvalue weighted by molar-refractivity contribution is 0.102. The molecule has 2 amide bonds. The first kappa shape index (κ1) is 22.6. The van der Waals surface area contributed by atoms with E-state index in [-0.39, 0.29) is 17.2 Å². The molecule has 1 atom stereocenters. The normalized spacial score (nSPS) is 15.7. The Morgan fingerprint density at radius 1 is 0.969 bits per heavy atom. The third-order valence-electron chi connectivity index (χ3n) is 6.10. The van der Waals surface area contributed by atoms with Gasteiger partial charge in [-0.05, 0) is 60.4 Å². The van der Waals surface area contributed by atoms with E-state index in [0.29, 0.717) is 32.8 Å². The monoisotopic (exact) mass is 466 g/mol. The van der Waals surface area contributed by atoms with Crippen LogP contribution in [-0.2, 0) is 12.8 Å². The second-order valence-electron chi connectivity index (χ2n) is 9.27. The van der Waals surface area contributed by atoms with Gasteiger partial charge in [0.25, 0.3) is 11.8 Å². The van der Waals surface area contributed by atoms with Gasteiger partial charge in [0.15, 0.2) is 0 Å². The molecule has 2 aromatic carbocycles. The lowest BCUT2D eigenvalue weighted by atomic mass is 9.72. The van der Waals surface area contributed by atoms with E-state index in [1.165, 1.54) is 16.2 Å². The number of amides is 2. The van der Waals surface area contributed by atoms with Crippen molar-refractivity contribution in [3.63, 3.8) is 0 Å². The molecule has 2 N–H and O–H groups in total. The van der Waals surface area contributed by atoms with E-state index in [0.717, 1.165) is 24.8 Å². The Morgan fingerprint density at radius 2 is 1.66 bits per heavy atom. The number of rotatable bonds is 4. The second-order valence-corrected chi connectivity index (χ2v) is 10.8. The highest BCUT2D eigenvalue weighted by molar-refractivity contribution is 7.17. The number of thiophene rings is 1. The molecule has 4 rings (SSSR count). The Morgan fingerprint density at radius 3 is 2.34 bits per heavy atom. The van der Waals surface area contributed by atoms with Gasteiger partial charge in [-0.3, -0.25) is 9.59 Å². The fourth-order valence-corrected chi connectivity index (χ4v) is 5.67. The molecule has 0 spiro atoms. The number of halogens is 1. The van der Waals surface area contributed by atoms with Crippen molar-refractivity contribution in [3.05, 3.63) is 81.2 Å². The zero-order chi connectivity index (χ0) is 22.9. The van der Waals surface area contributed by atoms with Gasteiger partial charge >= 0.3 is 0 Å². The molecule has 1 aliphatic carbocycles. The summed E-state index contributed by atoms with van der Waals surface area (Å²) in [5, 5.41) is 7.03. The highest BCUT2D eigenvalue weighted by Crippen LogP contribution is 2.44. The predicted octanol–water partition coefficient (Wildman–Crippen LogP) is 7.06. The van der Waals surface area contributed by atoms with Crippen LogP contribution in [0.5, 0.6) is 0 Å². The van der Waals surface area contributed by atoms with Crippen LogP contribution >= 0.6 is 22.9 Å². The minimum Gasteiger partial charge on any atom is -0.321 e. The zero-order valence-electron chi connectivity index (χ0n) is 18.5. The van der Waals surface area contributed by atoms with Crippen molar-refractivity contribution in [2.45, 2.75) is 40.0 Å². The average Bonchev–Trinajstić information content (AvgIpc) is 3.12. The quantitative estimate of drug-likeness (QED) is 0.432. The summed E-state index contributed by atoms with van der Waals surface area (Å²) in [6.45, 7) is 6.79. The van der Waals surface area contributed by atoms with Crippen LogP contribution in [-0.4, -0.2) is 11.8 Å². The molecular formula is C26H27ClN2O2S. The Hall–Kier alpha value is -2.63. The van der Waals surface area contributed by atoms with E-state index < -0.39 is 0 Å². The van der Waals surface area contributed by atoms with E-state index in [1.807, 2.05) is 30.3 Å². The third-order valence-corrected chi connectivity index (χ3v) is 7.60. The molecule has 3 aromatic rings. The number of carbonyl (C=O) groups excluding carboxylic acids is 2. The van der Waals surface area contributed by atoms with Crippen LogP contribution in [0.3, 0.4) is 0 Å². The number of hydrogen-bond donors (Lipinski definition) is 2. The van der Waals surface area contributed by atoms with Crippen LogP contribution in [0.4, 0.5) is 10.7 Å². The number of nitrogens with one attached hydrogen (secondary N) is 2. The fourth-order valence-electron chi connectivity index (χ4n) is 4.17. The molecule has 0 bridgehead atoms. The van der Waals surface area contributed by atoms with Gasteiger partial charge in [0, 0.05) is 10.4 Å². The molecule has 1 unspecified atom stereocenters. The number of fused-ring (bicyclic) bond motifs is 1. The maximum atomic E-state index is 13.4. The van der Waals surface area contributed by atoms with Crippen molar-refractivity contribution in [1.29, 1.82) is 0 Å². The van der Waals surface area contributed by atoms with Gasteiger partial charge in [0.05, 0.1) is 16.3 Å². The van der Waals surface area contributed by atoms with Gasteiger partial charge in [-0.1, -0.05) is 62.7 Å². The average molecular weight is 467 g/mol. The minimum atomic E-state index is -0.242. The van der Waals surface area contributed by atoms with Crippen LogP contribution in [0.1, 0.15) is 58.3 Å². The number of benzene rings is 2. The van der Waals surface area contributed by atoms with Gasteiger partial charge in [-0.15, -0.1) is 11.3 Å². The smallest absolute Gasteiger partial charge is 0.258 e. The molecular weight excluding hydrogens is 440 g/mol. The first-order chi connectivity index (χ1) is 15.2. The molecule has 1 aliphatic rings. The summed E-state index contributed by atoms with van der Waals surface area (Å²) in [6.07, 6.45) is 2.75. The van der Waals surface area contributed by atoms with Crippen molar-refractivity contribution in [1.82, 2.24) is 0 Å². The van der Waals surface area contributed by atoms with Crippen molar-refractivity contribution in [3.8, 4) is 0 Å². The number of para-hydroxylation sites is 1. The summed E-state index contributed by atoms with van der Waals surface area (Å²) in [4.78, 5) is 27.5. The molecule has 0 saturated carbocycles. The first-order valence-corrected chi connectivity index (χ1v) is 12.0. The number of hydrogen-bond acceptors (Lipinski definition) is 3. The van der Waals surface area contributed by atoms with Gasteiger partial charge in [0.2, 0.25) is 0 Å². The predicted molar refractivity (Wildman–Crippen MR) is 133 cm³/mol. The SMILES string of the molecule is CC(C)(C)C1CCc2c(sc(NC(=O)c3ccccc3)c2C(=O)Nc2ccccc2Cl)C1. The summed E-state index contributed by atoms with van der Waals surface area (Å²) in [5.41, 5.74) is 2.91. The lowest BCUT2D eigenvalue weighted by Gasteiger charge is -2.33. The molecule has 0 radical (unpaired) electrons. The van der Waals surface area contributed by atoms with Gasteiger partial charge in [-0.25, -0.2) is 0 Å². The Balaban J connectivity index is 1.70. The van der Waals surface area contributed by atoms with Crippen molar-refractivity contribution >= 4 is 45.4 Å². The topological polar surface area (TPSA) is 58.2 Å². The van der Waals surface area contributed by atoms with Gasteiger partial charge in [0.1, 0.15) is 5.00 Å². The summed E-state index contributed by atoms with van der Waals surface area (Å²) < 4.78 is 0. The Kier molecular flexibility index (Phi) is 6.40. The zero-order valence-corrected chi connectivity index (χ0v) is 20.1. The van der Waals surface area contributed by atoms with Crippen LogP contribution in [0.25, 0.3) is 0 Å². The van der Waals surface area contributed by atoms with E-state index in [2.05, 4.69) is 31.4 Å². The maximum absolute atomic E-state index is 13.4. The first-order valence-electron chi connectivity index (χ1n) is 10.8. The van der Waals surface area contributed by atoms with Crippen molar-refractivity contribution in [2.75, 3.05) is 10.6 Å². The molecule has 0 saturated heterocycles. The Labute approximate surface area is 198 Å². The van der Waals surface area contributed by atoms with Crippen LogP contribution in [0, 0.1) is 11.3 Å². The molecule has 0 fully saturated rings. The Bertz CT molecular complexity index is 1150.